The molecule has 0 spiro atoms. The van der Waals surface area contributed by atoms with Crippen molar-refractivity contribution in [1.82, 2.24) is 0 Å². The minimum Gasteiger partial charge on any atom is -0.462 e. The Morgan fingerprint density at radius 3 is 2.52 bits per heavy atom. The number of sulfonamides is 1. The molecule has 1 aliphatic rings. The molecule has 0 saturated heterocycles. The van der Waals surface area contributed by atoms with Crippen LogP contribution in [0.3, 0.4) is 0 Å². The molecule has 29 heavy (non-hydrogen) atoms. The molecular weight excluding hydrogens is 397 g/mol. The summed E-state index contributed by atoms with van der Waals surface area (Å²) in [5.41, 5.74) is 2.39. The number of carbonyl (C=O) groups is 1. The van der Waals surface area contributed by atoms with Gasteiger partial charge in [-0.05, 0) is 61.6 Å². The first-order valence-electron chi connectivity index (χ1n) is 9.28. The van der Waals surface area contributed by atoms with E-state index in [9.17, 15) is 17.6 Å². The van der Waals surface area contributed by atoms with Crippen molar-refractivity contribution in [2.45, 2.75) is 25.7 Å². The lowest BCUT2D eigenvalue weighted by atomic mass is 10.0. The second kappa shape index (κ2) is 7.18. The molecule has 0 bridgehead atoms. The van der Waals surface area contributed by atoms with Gasteiger partial charge in [0.2, 0.25) is 10.0 Å². The first kappa shape index (κ1) is 19.4. The molecule has 1 saturated carbocycles. The number of furan rings is 1. The van der Waals surface area contributed by atoms with Gasteiger partial charge in [0.15, 0.2) is 0 Å². The van der Waals surface area contributed by atoms with Gasteiger partial charge in [0.1, 0.15) is 22.7 Å². The zero-order valence-corrected chi connectivity index (χ0v) is 16.8. The average molecular weight is 417 g/mol. The highest BCUT2D eigenvalue weighted by Crippen LogP contribution is 2.46. The molecule has 2 aromatic carbocycles. The molecule has 1 aliphatic carbocycles. The smallest absolute Gasteiger partial charge is 0.342 e. The van der Waals surface area contributed by atoms with Crippen LogP contribution in [-0.2, 0) is 14.8 Å². The van der Waals surface area contributed by atoms with Crippen molar-refractivity contribution in [3.63, 3.8) is 0 Å². The molecule has 1 N–H and O–H groups in total. The van der Waals surface area contributed by atoms with Crippen LogP contribution in [0.25, 0.3) is 22.3 Å². The summed E-state index contributed by atoms with van der Waals surface area (Å²) < 4.78 is 50.7. The number of anilines is 1. The van der Waals surface area contributed by atoms with Crippen molar-refractivity contribution in [1.29, 1.82) is 0 Å². The van der Waals surface area contributed by atoms with Crippen LogP contribution in [0.4, 0.5) is 10.1 Å². The maximum absolute atomic E-state index is 13.4. The zero-order valence-electron chi connectivity index (χ0n) is 16.0. The van der Waals surface area contributed by atoms with Crippen molar-refractivity contribution in [3.8, 4) is 11.3 Å². The van der Waals surface area contributed by atoms with Crippen LogP contribution < -0.4 is 4.72 Å². The molecule has 6 nitrogen and oxygen atoms in total. The fraction of sp³-hybridized carbons (Fsp3) is 0.286. The van der Waals surface area contributed by atoms with E-state index in [1.165, 1.54) is 24.3 Å². The van der Waals surface area contributed by atoms with E-state index in [-0.39, 0.29) is 23.8 Å². The Morgan fingerprint density at radius 1 is 1.24 bits per heavy atom. The number of benzene rings is 2. The van der Waals surface area contributed by atoms with Gasteiger partial charge >= 0.3 is 5.97 Å². The lowest BCUT2D eigenvalue weighted by Gasteiger charge is -2.10. The highest BCUT2D eigenvalue weighted by Gasteiger charge is 2.30. The lowest BCUT2D eigenvalue weighted by Crippen LogP contribution is -2.11. The summed E-state index contributed by atoms with van der Waals surface area (Å²) in [4.78, 5) is 12.7. The van der Waals surface area contributed by atoms with Crippen LogP contribution in [0.5, 0.6) is 0 Å². The van der Waals surface area contributed by atoms with Gasteiger partial charge in [-0.2, -0.15) is 0 Å². The number of fused-ring (bicyclic) bond motifs is 1. The normalized spacial score (nSPS) is 14.2. The number of hydrogen-bond donors (Lipinski definition) is 1. The Bertz CT molecular complexity index is 1190. The Balaban J connectivity index is 1.96. The Labute approximate surface area is 167 Å². The number of carbonyl (C=O) groups excluding carboxylic acids is 1. The molecule has 1 aromatic heterocycles. The van der Waals surface area contributed by atoms with E-state index in [2.05, 4.69) is 4.72 Å². The van der Waals surface area contributed by atoms with Crippen LogP contribution in [-0.4, -0.2) is 27.2 Å². The van der Waals surface area contributed by atoms with E-state index in [1.807, 2.05) is 0 Å². The van der Waals surface area contributed by atoms with E-state index >= 15 is 0 Å². The standard InChI is InChI=1S/C21H20FNO5S/c1-3-27-21(24)19-16-10-15(12-4-5-12)17(23-29(2,25)26)11-18(16)28-20(19)13-6-8-14(22)9-7-13/h6-12,23H,3-5H2,1-2H3. The summed E-state index contributed by atoms with van der Waals surface area (Å²) in [6.45, 7) is 1.90. The third kappa shape index (κ3) is 3.98. The predicted molar refractivity (Wildman–Crippen MR) is 108 cm³/mol. The quantitative estimate of drug-likeness (QED) is 0.590. The largest absolute Gasteiger partial charge is 0.462 e. The van der Waals surface area contributed by atoms with Crippen LogP contribution in [0.2, 0.25) is 0 Å². The Hall–Kier alpha value is -2.87. The van der Waals surface area contributed by atoms with E-state index in [0.717, 1.165) is 24.7 Å². The molecular formula is C21H20FNO5S. The molecule has 1 heterocycles. The van der Waals surface area contributed by atoms with E-state index in [4.69, 9.17) is 9.15 Å². The monoisotopic (exact) mass is 417 g/mol. The van der Waals surface area contributed by atoms with Gasteiger partial charge in [0.25, 0.3) is 0 Å². The molecule has 152 valence electrons. The fourth-order valence-electron chi connectivity index (χ4n) is 3.39. The van der Waals surface area contributed by atoms with E-state index < -0.39 is 21.8 Å². The molecule has 4 rings (SSSR count). The van der Waals surface area contributed by atoms with Crippen molar-refractivity contribution in [2.24, 2.45) is 0 Å². The highest BCUT2D eigenvalue weighted by molar-refractivity contribution is 7.92. The summed E-state index contributed by atoms with van der Waals surface area (Å²) in [7, 11) is -3.48. The minimum atomic E-state index is -3.48. The highest BCUT2D eigenvalue weighted by atomic mass is 32.2. The molecule has 1 fully saturated rings. The van der Waals surface area contributed by atoms with Gasteiger partial charge < -0.3 is 9.15 Å². The Morgan fingerprint density at radius 2 is 1.93 bits per heavy atom. The predicted octanol–water partition coefficient (Wildman–Crippen LogP) is 4.66. The van der Waals surface area contributed by atoms with Crippen LogP contribution in [0.15, 0.2) is 40.8 Å². The molecule has 0 amide bonds. The average Bonchev–Trinajstić information content (AvgIpc) is 3.41. The van der Waals surface area contributed by atoms with Crippen molar-refractivity contribution >= 4 is 32.6 Å². The first-order valence-corrected chi connectivity index (χ1v) is 11.2. The Kier molecular flexibility index (Phi) is 4.82. The number of rotatable bonds is 6. The van der Waals surface area contributed by atoms with Crippen LogP contribution in [0, 0.1) is 5.82 Å². The van der Waals surface area contributed by atoms with Gasteiger partial charge in [-0.15, -0.1) is 0 Å². The minimum absolute atomic E-state index is 0.192. The van der Waals surface area contributed by atoms with Gasteiger partial charge in [-0.25, -0.2) is 17.6 Å². The summed E-state index contributed by atoms with van der Waals surface area (Å²) in [5.74, 6) is -0.464. The topological polar surface area (TPSA) is 85.6 Å². The van der Waals surface area contributed by atoms with Crippen molar-refractivity contribution < 1.29 is 26.8 Å². The maximum Gasteiger partial charge on any atom is 0.342 e. The van der Waals surface area contributed by atoms with Crippen molar-refractivity contribution in [3.05, 3.63) is 53.3 Å². The number of ether oxygens (including phenoxy) is 1. The second-order valence-corrected chi connectivity index (χ2v) is 8.87. The number of hydrogen-bond acceptors (Lipinski definition) is 5. The summed E-state index contributed by atoms with van der Waals surface area (Å²) in [5, 5.41) is 0.545. The molecule has 0 radical (unpaired) electrons. The molecule has 0 atom stereocenters. The van der Waals surface area contributed by atoms with Crippen molar-refractivity contribution in [2.75, 3.05) is 17.6 Å². The maximum atomic E-state index is 13.4. The zero-order chi connectivity index (χ0) is 20.8. The molecule has 3 aromatic rings. The van der Waals surface area contributed by atoms with Crippen LogP contribution >= 0.6 is 0 Å². The van der Waals surface area contributed by atoms with E-state index in [1.54, 1.807) is 19.1 Å². The summed E-state index contributed by atoms with van der Waals surface area (Å²) in [6.07, 6.45) is 2.98. The second-order valence-electron chi connectivity index (χ2n) is 7.12. The van der Waals surface area contributed by atoms with Gasteiger partial charge in [0.05, 0.1) is 18.6 Å². The first-order chi connectivity index (χ1) is 13.8. The summed E-state index contributed by atoms with van der Waals surface area (Å²) >= 11 is 0. The van der Waals surface area contributed by atoms with Crippen LogP contribution in [0.1, 0.15) is 41.6 Å². The number of halogens is 1. The summed E-state index contributed by atoms with van der Waals surface area (Å²) in [6, 6.07) is 9.00. The van der Waals surface area contributed by atoms with Gasteiger partial charge in [0, 0.05) is 17.0 Å². The lowest BCUT2D eigenvalue weighted by molar-refractivity contribution is 0.0528. The molecule has 8 heteroatoms. The number of esters is 1. The third-order valence-corrected chi connectivity index (χ3v) is 5.35. The third-order valence-electron chi connectivity index (χ3n) is 4.76. The fourth-order valence-corrected chi connectivity index (χ4v) is 3.97. The SMILES string of the molecule is CCOC(=O)c1c(-c2ccc(F)cc2)oc2cc(NS(C)(=O)=O)c(C3CC3)cc12. The number of nitrogens with one attached hydrogen (secondary N) is 1. The van der Waals surface area contributed by atoms with E-state index in [0.29, 0.717) is 22.2 Å². The van der Waals surface area contributed by atoms with Gasteiger partial charge in [-0.1, -0.05) is 0 Å². The van der Waals surface area contributed by atoms with Gasteiger partial charge in [-0.3, -0.25) is 4.72 Å². The molecule has 0 unspecified atom stereocenters. The molecule has 0 aliphatic heterocycles.